The van der Waals surface area contributed by atoms with Gasteiger partial charge in [0, 0.05) is 0 Å². The lowest BCUT2D eigenvalue weighted by Crippen LogP contribution is -2.17. The molecule has 78 valence electrons. The Balaban J connectivity index is 3.06. The molecule has 0 aliphatic rings. The summed E-state index contributed by atoms with van der Waals surface area (Å²) in [7, 11) is 0. The molecule has 1 heterocycles. The van der Waals surface area contributed by atoms with Gasteiger partial charge in [-0.3, -0.25) is 0 Å². The third-order valence-electron chi connectivity index (χ3n) is 1.18. The number of nitrogens with two attached hydrogens (primary N) is 1. The molecule has 0 fully saturated rings. The second-order valence-electron chi connectivity index (χ2n) is 2.18. The molecule has 3 nitrogen and oxygen atoms in total. The van der Waals surface area contributed by atoms with E-state index in [0.29, 0.717) is 0 Å². The van der Waals surface area contributed by atoms with Crippen molar-refractivity contribution in [1.82, 2.24) is 4.98 Å². The number of rotatable bonds is 1. The van der Waals surface area contributed by atoms with Gasteiger partial charge in [0.05, 0.1) is 10.7 Å². The van der Waals surface area contributed by atoms with Crippen LogP contribution in [0, 0.1) is 0 Å². The molecule has 14 heavy (non-hydrogen) atoms. The number of nitrogens with zero attached hydrogens (tertiary/aromatic N) is 1. The predicted molar refractivity (Wildman–Crippen MR) is 48.0 cm³/mol. The average Bonchev–Trinajstić information content (AvgIpc) is 2.04. The van der Waals surface area contributed by atoms with Crippen molar-refractivity contribution in [3.05, 3.63) is 15.7 Å². The maximum atomic E-state index is 11.8. The fourth-order valence-corrected chi connectivity index (χ4v) is 1.14. The zero-order valence-corrected chi connectivity index (χ0v) is 8.74. The van der Waals surface area contributed by atoms with Crippen LogP contribution in [-0.4, -0.2) is 11.3 Å². The van der Waals surface area contributed by atoms with Gasteiger partial charge in [0.1, 0.15) is 10.8 Å². The van der Waals surface area contributed by atoms with Crippen molar-refractivity contribution in [3.63, 3.8) is 0 Å². The number of alkyl halides is 3. The number of halogens is 5. The van der Waals surface area contributed by atoms with Crippen LogP contribution < -0.4 is 10.5 Å². The maximum Gasteiger partial charge on any atom is 0.573 e. The molecule has 2 N–H and O–H groups in total. The summed E-state index contributed by atoms with van der Waals surface area (Å²) in [6.07, 6.45) is -4.00. The molecule has 1 aromatic heterocycles. The van der Waals surface area contributed by atoms with Crippen LogP contribution in [0.4, 0.5) is 19.0 Å². The Hall–Kier alpha value is -0.690. The van der Waals surface area contributed by atoms with E-state index in [4.69, 9.17) is 17.3 Å². The van der Waals surface area contributed by atoms with Crippen molar-refractivity contribution in [2.24, 2.45) is 0 Å². The third-order valence-corrected chi connectivity index (χ3v) is 2.59. The fourth-order valence-electron chi connectivity index (χ4n) is 0.658. The van der Waals surface area contributed by atoms with Gasteiger partial charge in [-0.1, -0.05) is 11.6 Å². The van der Waals surface area contributed by atoms with Crippen LogP contribution in [0.1, 0.15) is 0 Å². The Bertz CT molecular complexity index is 358. The first kappa shape index (κ1) is 11.4. The molecule has 0 amide bonds. The van der Waals surface area contributed by atoms with Gasteiger partial charge in [-0.15, -0.1) is 13.2 Å². The zero-order valence-electron chi connectivity index (χ0n) is 6.40. The van der Waals surface area contributed by atoms with E-state index >= 15 is 0 Å². The van der Waals surface area contributed by atoms with Crippen LogP contribution in [0.15, 0.2) is 10.7 Å². The SMILES string of the molecule is Nc1ncc(OC(F)(F)F)c(Cl)c1Br. The lowest BCUT2D eigenvalue weighted by atomic mass is 10.4. The molecule has 0 radical (unpaired) electrons. The normalized spacial score (nSPS) is 11.5. The number of ether oxygens (including phenoxy) is 1. The molecule has 0 aliphatic carbocycles. The Kier molecular flexibility index (Phi) is 3.10. The average molecular weight is 291 g/mol. The van der Waals surface area contributed by atoms with Gasteiger partial charge in [0.2, 0.25) is 0 Å². The monoisotopic (exact) mass is 290 g/mol. The van der Waals surface area contributed by atoms with Gasteiger partial charge < -0.3 is 10.5 Å². The standard InChI is InChI=1S/C6H3BrClF3N2O/c7-3-4(8)2(1-13-5(3)12)14-6(9,10)11/h1H,(H2,12,13). The van der Waals surface area contributed by atoms with E-state index in [1.807, 2.05) is 0 Å². The van der Waals surface area contributed by atoms with E-state index in [1.165, 1.54) is 0 Å². The summed E-state index contributed by atoms with van der Waals surface area (Å²) in [5.41, 5.74) is 5.27. The Morgan fingerprint density at radius 1 is 1.50 bits per heavy atom. The number of pyridine rings is 1. The topological polar surface area (TPSA) is 48.1 Å². The zero-order chi connectivity index (χ0) is 10.9. The minimum absolute atomic E-state index is 0.00970. The van der Waals surface area contributed by atoms with Gasteiger partial charge >= 0.3 is 6.36 Å². The lowest BCUT2D eigenvalue weighted by molar-refractivity contribution is -0.274. The minimum Gasteiger partial charge on any atom is -0.402 e. The smallest absolute Gasteiger partial charge is 0.402 e. The highest BCUT2D eigenvalue weighted by atomic mass is 79.9. The molecule has 0 aliphatic heterocycles. The predicted octanol–water partition coefficient (Wildman–Crippen LogP) is 2.98. The number of anilines is 1. The van der Waals surface area contributed by atoms with Crippen molar-refractivity contribution < 1.29 is 17.9 Å². The highest BCUT2D eigenvalue weighted by Crippen LogP contribution is 2.37. The quantitative estimate of drug-likeness (QED) is 0.865. The van der Waals surface area contributed by atoms with E-state index < -0.39 is 12.1 Å². The van der Waals surface area contributed by atoms with Gasteiger partial charge in [-0.2, -0.15) is 0 Å². The van der Waals surface area contributed by atoms with E-state index in [1.54, 1.807) is 0 Å². The number of hydrogen-bond acceptors (Lipinski definition) is 3. The third kappa shape index (κ3) is 2.65. The minimum atomic E-state index is -4.80. The second-order valence-corrected chi connectivity index (χ2v) is 3.35. The Morgan fingerprint density at radius 2 is 2.07 bits per heavy atom. The van der Waals surface area contributed by atoms with Crippen LogP contribution in [0.5, 0.6) is 5.75 Å². The molecule has 8 heteroatoms. The van der Waals surface area contributed by atoms with E-state index in [2.05, 4.69) is 25.7 Å². The van der Waals surface area contributed by atoms with Gasteiger partial charge in [-0.05, 0) is 15.9 Å². The van der Waals surface area contributed by atoms with Gasteiger partial charge in [-0.25, -0.2) is 4.98 Å². The Morgan fingerprint density at radius 3 is 2.57 bits per heavy atom. The molecular weight excluding hydrogens is 288 g/mol. The van der Waals surface area contributed by atoms with Gasteiger partial charge in [0.25, 0.3) is 0 Å². The van der Waals surface area contributed by atoms with Crippen molar-refractivity contribution in [2.45, 2.75) is 6.36 Å². The molecule has 0 atom stereocenters. The molecule has 0 aromatic carbocycles. The molecule has 0 spiro atoms. The van der Waals surface area contributed by atoms with Crippen molar-refractivity contribution >= 4 is 33.3 Å². The van der Waals surface area contributed by atoms with Gasteiger partial charge in [0.15, 0.2) is 5.75 Å². The van der Waals surface area contributed by atoms with E-state index in [0.717, 1.165) is 6.20 Å². The maximum absolute atomic E-state index is 11.8. The van der Waals surface area contributed by atoms with Crippen LogP contribution in [0.3, 0.4) is 0 Å². The summed E-state index contributed by atoms with van der Waals surface area (Å²) >= 11 is 8.38. The van der Waals surface area contributed by atoms with E-state index in [9.17, 15) is 13.2 Å². The van der Waals surface area contributed by atoms with Crippen molar-refractivity contribution in [1.29, 1.82) is 0 Å². The summed E-state index contributed by atoms with van der Waals surface area (Å²) in [5, 5.41) is -0.269. The summed E-state index contributed by atoms with van der Waals surface area (Å²) in [6, 6.07) is 0. The molecular formula is C6H3BrClF3N2O. The molecule has 0 unspecified atom stereocenters. The molecule has 0 saturated carbocycles. The Labute approximate surface area is 90.1 Å². The lowest BCUT2D eigenvalue weighted by Gasteiger charge is -2.11. The highest BCUT2D eigenvalue weighted by molar-refractivity contribution is 9.10. The number of hydrogen-bond donors (Lipinski definition) is 1. The van der Waals surface area contributed by atoms with Crippen LogP contribution in [0.2, 0.25) is 5.02 Å². The van der Waals surface area contributed by atoms with Crippen molar-refractivity contribution in [2.75, 3.05) is 5.73 Å². The number of nitrogen functional groups attached to an aromatic ring is 1. The summed E-state index contributed by atoms with van der Waals surface area (Å²) < 4.78 is 39.1. The van der Waals surface area contributed by atoms with E-state index in [-0.39, 0.29) is 15.3 Å². The summed E-state index contributed by atoms with van der Waals surface area (Å²) in [6.45, 7) is 0. The highest BCUT2D eigenvalue weighted by Gasteiger charge is 2.32. The van der Waals surface area contributed by atoms with Crippen LogP contribution in [0.25, 0.3) is 0 Å². The second kappa shape index (κ2) is 3.82. The number of aromatic nitrogens is 1. The fraction of sp³-hybridized carbons (Fsp3) is 0.167. The molecule has 1 aromatic rings. The first-order valence-corrected chi connectivity index (χ1v) is 4.33. The van der Waals surface area contributed by atoms with Crippen molar-refractivity contribution in [3.8, 4) is 5.75 Å². The molecule has 0 saturated heterocycles. The molecule has 0 bridgehead atoms. The first-order chi connectivity index (χ1) is 6.31. The summed E-state index contributed by atoms with van der Waals surface area (Å²) in [5.74, 6) is -0.607. The summed E-state index contributed by atoms with van der Waals surface area (Å²) in [4.78, 5) is 3.45. The van der Waals surface area contributed by atoms with Crippen LogP contribution >= 0.6 is 27.5 Å². The largest absolute Gasteiger partial charge is 0.573 e. The van der Waals surface area contributed by atoms with Crippen LogP contribution in [-0.2, 0) is 0 Å². The first-order valence-electron chi connectivity index (χ1n) is 3.16. The molecule has 1 rings (SSSR count).